The van der Waals surface area contributed by atoms with Crippen LogP contribution in [0.1, 0.15) is 43.7 Å². The van der Waals surface area contributed by atoms with Gasteiger partial charge in [-0.3, -0.25) is 9.65 Å². The Morgan fingerprint density at radius 1 is 0.897 bits per heavy atom. The fourth-order valence-electron chi connectivity index (χ4n) is 5.42. The monoisotopic (exact) mass is 405 g/mol. The summed E-state index contributed by atoms with van der Waals surface area (Å²) < 4.78 is 20.3. The minimum absolute atomic E-state index is 0.232. The van der Waals surface area contributed by atoms with Crippen molar-refractivity contribution in [3.63, 3.8) is 0 Å². The van der Waals surface area contributed by atoms with Gasteiger partial charge in [-0.15, -0.1) is 0 Å². The van der Waals surface area contributed by atoms with Gasteiger partial charge in [0.25, 0.3) is 0 Å². The first-order valence-corrected chi connectivity index (χ1v) is 12.6. The Kier molecular flexibility index (Phi) is 4.97. The lowest BCUT2D eigenvalue weighted by molar-refractivity contribution is 0.280. The lowest BCUT2D eigenvalue weighted by atomic mass is 9.84. The summed E-state index contributed by atoms with van der Waals surface area (Å²) in [5.74, 6) is 7.29. The molecule has 3 aliphatic rings. The van der Waals surface area contributed by atoms with E-state index in [0.717, 1.165) is 23.0 Å². The van der Waals surface area contributed by atoms with Gasteiger partial charge in [0, 0.05) is 28.8 Å². The van der Waals surface area contributed by atoms with Gasteiger partial charge in [-0.2, -0.15) is 0 Å². The first-order valence-electron chi connectivity index (χ1n) is 10.7. The molecule has 0 spiro atoms. The van der Waals surface area contributed by atoms with Crippen molar-refractivity contribution in [1.29, 1.82) is 0 Å². The van der Waals surface area contributed by atoms with E-state index in [-0.39, 0.29) is 6.04 Å². The summed E-state index contributed by atoms with van der Waals surface area (Å²) >= 11 is 0. The molecule has 2 saturated carbocycles. The number of nitrogens with one attached hydrogen (secondary N) is 1. The first-order chi connectivity index (χ1) is 14.1. The second-order valence-corrected chi connectivity index (χ2v) is 11.0. The minimum atomic E-state index is -2.89. The summed E-state index contributed by atoms with van der Waals surface area (Å²) in [5, 5.41) is 3.54. The maximum absolute atomic E-state index is 14.0. The normalized spacial score (nSPS) is 28.4. The maximum atomic E-state index is 14.0. The van der Waals surface area contributed by atoms with Crippen LogP contribution in [0.15, 0.2) is 72.3 Å². The Morgan fingerprint density at radius 2 is 1.48 bits per heavy atom. The highest BCUT2D eigenvalue weighted by molar-refractivity contribution is 7.68. The summed E-state index contributed by atoms with van der Waals surface area (Å²) in [6.07, 6.45) is 5.36. The zero-order valence-corrected chi connectivity index (χ0v) is 17.7. The molecule has 29 heavy (non-hydrogen) atoms. The summed E-state index contributed by atoms with van der Waals surface area (Å²) in [4.78, 5) is 0. The first kappa shape index (κ1) is 18.9. The summed E-state index contributed by atoms with van der Waals surface area (Å²) in [6, 6.07) is 20.1. The van der Waals surface area contributed by atoms with Crippen LogP contribution in [0.3, 0.4) is 0 Å². The Morgan fingerprint density at radius 3 is 1.97 bits per heavy atom. The number of hydrogen-bond donors (Lipinski definition) is 1. The van der Waals surface area contributed by atoms with Gasteiger partial charge in [-0.25, -0.2) is 0 Å². The highest BCUT2D eigenvalue weighted by Crippen LogP contribution is 2.56. The molecule has 2 aromatic carbocycles. The number of benzene rings is 2. The lowest BCUT2D eigenvalue weighted by Crippen LogP contribution is -2.34. The highest BCUT2D eigenvalue weighted by Gasteiger charge is 2.43. The molecule has 0 amide bonds. The molecule has 0 unspecified atom stereocenters. The fraction of sp³-hybridized carbons (Fsp3) is 0.360. The molecule has 2 fully saturated rings. The van der Waals surface area contributed by atoms with Gasteiger partial charge in [-0.1, -0.05) is 67.1 Å². The largest absolute Gasteiger partial charge is 0.456 e. The summed E-state index contributed by atoms with van der Waals surface area (Å²) in [6.45, 7) is 2.21. The van der Waals surface area contributed by atoms with Crippen molar-refractivity contribution in [1.82, 2.24) is 5.09 Å². The fourth-order valence-corrected chi connectivity index (χ4v) is 7.58. The number of ether oxygens (including phenoxy) is 1. The third-order valence-corrected chi connectivity index (χ3v) is 8.84. The second kappa shape index (κ2) is 7.63. The van der Waals surface area contributed by atoms with Crippen LogP contribution in [0.5, 0.6) is 0 Å². The number of hydrogen-bond acceptors (Lipinski definition) is 2. The van der Waals surface area contributed by atoms with Gasteiger partial charge in [0.2, 0.25) is 0 Å². The van der Waals surface area contributed by atoms with Crippen LogP contribution in [-0.4, -0.2) is 6.04 Å². The molecule has 0 aromatic heterocycles. The molecule has 150 valence electrons. The molecule has 2 aliphatic carbocycles. The van der Waals surface area contributed by atoms with E-state index < -0.39 is 7.29 Å². The number of rotatable bonds is 5. The second-order valence-electron chi connectivity index (χ2n) is 8.79. The van der Waals surface area contributed by atoms with E-state index >= 15 is 0 Å². The predicted octanol–water partition coefficient (Wildman–Crippen LogP) is 6.71. The maximum Gasteiger partial charge on any atom is 0.198 e. The average Bonchev–Trinajstić information content (AvgIpc) is 3.38. The van der Waals surface area contributed by atoms with Gasteiger partial charge >= 0.3 is 0 Å². The quantitative estimate of drug-likeness (QED) is 0.562. The third-order valence-electron chi connectivity index (χ3n) is 6.80. The van der Waals surface area contributed by atoms with Crippen molar-refractivity contribution in [2.24, 2.45) is 17.8 Å². The zero-order valence-electron chi connectivity index (χ0n) is 16.8. The van der Waals surface area contributed by atoms with Gasteiger partial charge in [0.05, 0.1) is 0 Å². The minimum Gasteiger partial charge on any atom is -0.456 e. The van der Waals surface area contributed by atoms with E-state index in [1.807, 2.05) is 72.3 Å². The molecular formula is C25H28NO2P. The van der Waals surface area contributed by atoms with Gasteiger partial charge in [0.15, 0.2) is 7.29 Å². The molecule has 2 aromatic rings. The molecule has 1 aliphatic heterocycles. The Hall–Kier alpha value is -2.09. The Labute approximate surface area is 173 Å². The van der Waals surface area contributed by atoms with Crippen molar-refractivity contribution in [3.8, 4) is 0 Å². The van der Waals surface area contributed by atoms with E-state index in [4.69, 9.17) is 4.74 Å². The molecule has 0 radical (unpaired) electrons. The smallest absolute Gasteiger partial charge is 0.198 e. The van der Waals surface area contributed by atoms with E-state index in [2.05, 4.69) is 12.0 Å². The molecule has 4 heteroatoms. The molecular weight excluding hydrogens is 377 g/mol. The van der Waals surface area contributed by atoms with Crippen LogP contribution in [0, 0.1) is 17.8 Å². The van der Waals surface area contributed by atoms with Crippen molar-refractivity contribution in [2.45, 2.75) is 38.6 Å². The van der Waals surface area contributed by atoms with Crippen molar-refractivity contribution >= 4 is 18.8 Å². The van der Waals surface area contributed by atoms with E-state index in [1.54, 1.807) is 0 Å². The third kappa shape index (κ3) is 3.86. The van der Waals surface area contributed by atoms with Crippen molar-refractivity contribution in [2.75, 3.05) is 0 Å². The van der Waals surface area contributed by atoms with Crippen molar-refractivity contribution < 1.29 is 9.30 Å². The van der Waals surface area contributed by atoms with Gasteiger partial charge in [-0.05, 0) is 43.9 Å². The highest BCUT2D eigenvalue weighted by atomic mass is 31.2. The van der Waals surface area contributed by atoms with Gasteiger partial charge < -0.3 is 4.74 Å². The summed E-state index contributed by atoms with van der Waals surface area (Å²) in [5.41, 5.74) is 1.90. The van der Waals surface area contributed by atoms with Gasteiger partial charge in [0.1, 0.15) is 11.5 Å². The molecule has 4 atom stereocenters. The molecule has 5 rings (SSSR count). The van der Waals surface area contributed by atoms with E-state index in [1.165, 1.54) is 25.7 Å². The van der Waals surface area contributed by atoms with E-state index in [0.29, 0.717) is 17.4 Å². The van der Waals surface area contributed by atoms with Crippen LogP contribution in [-0.2, 0) is 9.30 Å². The standard InChI is InChI=1S/C25H28NO2P/c1-18(23-15-19-12-13-22(23)14-19)26-29(27)16-24(20-8-4-2-5-9-20)28-25(17-29)21-10-6-3-7-11-21/h2-11,16-19,22-23H,12-15H2,1H3,(H,26,27)/t18-,19-,22-,23+/m1/s1. The van der Waals surface area contributed by atoms with Crippen LogP contribution in [0.4, 0.5) is 0 Å². The molecule has 1 N–H and O–H groups in total. The molecule has 3 nitrogen and oxygen atoms in total. The zero-order chi connectivity index (χ0) is 19.8. The van der Waals surface area contributed by atoms with Crippen LogP contribution >= 0.6 is 7.29 Å². The van der Waals surface area contributed by atoms with Crippen LogP contribution < -0.4 is 5.09 Å². The predicted molar refractivity (Wildman–Crippen MR) is 119 cm³/mol. The lowest BCUT2D eigenvalue weighted by Gasteiger charge is -2.32. The molecule has 1 heterocycles. The van der Waals surface area contributed by atoms with Crippen LogP contribution in [0.25, 0.3) is 11.5 Å². The Balaban J connectivity index is 1.47. The average molecular weight is 405 g/mol. The summed E-state index contributed by atoms with van der Waals surface area (Å²) in [7, 11) is -2.89. The topological polar surface area (TPSA) is 38.3 Å². The van der Waals surface area contributed by atoms with Crippen molar-refractivity contribution in [3.05, 3.63) is 83.4 Å². The van der Waals surface area contributed by atoms with Crippen LogP contribution in [0.2, 0.25) is 0 Å². The molecule has 0 saturated heterocycles. The SMILES string of the molecule is C[C@@H](NP1(=O)C=C(c2ccccc2)OC(c2ccccc2)=C1)[C@@H]1C[C@@H]2CC[C@@H]1C2. The number of fused-ring (bicyclic) bond motifs is 2. The molecule has 2 bridgehead atoms. The van der Waals surface area contributed by atoms with E-state index in [9.17, 15) is 4.57 Å². The Bertz CT molecular complexity index is 923.